The van der Waals surface area contributed by atoms with Gasteiger partial charge < -0.3 is 14.5 Å². The van der Waals surface area contributed by atoms with Crippen LogP contribution in [-0.2, 0) is 4.74 Å². The first-order valence-corrected chi connectivity index (χ1v) is 10.3. The predicted octanol–water partition coefficient (Wildman–Crippen LogP) is 4.31. The molecule has 3 heterocycles. The lowest BCUT2D eigenvalue weighted by Crippen LogP contribution is -2.47. The average molecular weight is 435 g/mol. The molecule has 4 rings (SSSR count). The van der Waals surface area contributed by atoms with Crippen LogP contribution in [0.5, 0.6) is 0 Å². The Hall–Kier alpha value is -1.86. The summed E-state index contributed by atoms with van der Waals surface area (Å²) in [6, 6.07) is 11.9. The zero-order valence-electron chi connectivity index (χ0n) is 14.1. The molecule has 2 fully saturated rings. The molecule has 0 aliphatic carbocycles. The minimum Gasteiger partial charge on any atom is -0.439 e. The van der Waals surface area contributed by atoms with Gasteiger partial charge in [-0.05, 0) is 45.8 Å². The average Bonchev–Trinajstić information content (AvgIpc) is 3.28. The van der Waals surface area contributed by atoms with Crippen molar-refractivity contribution >= 4 is 39.3 Å². The van der Waals surface area contributed by atoms with Crippen LogP contribution in [0, 0.1) is 0 Å². The molecule has 2 saturated heterocycles. The second-order valence-electron chi connectivity index (χ2n) is 6.56. The maximum Gasteiger partial charge on any atom is 0.410 e. The van der Waals surface area contributed by atoms with Crippen molar-refractivity contribution in [3.8, 4) is 0 Å². The van der Waals surface area contributed by atoms with Gasteiger partial charge in [0.2, 0.25) is 0 Å². The minimum atomic E-state index is -0.246. The van der Waals surface area contributed by atoms with Crippen LogP contribution in [0.15, 0.2) is 46.3 Å². The van der Waals surface area contributed by atoms with Gasteiger partial charge in [0.1, 0.15) is 11.0 Å². The van der Waals surface area contributed by atoms with Crippen molar-refractivity contribution in [2.75, 3.05) is 19.6 Å². The van der Waals surface area contributed by atoms with Crippen LogP contribution in [0.3, 0.4) is 0 Å². The van der Waals surface area contributed by atoms with E-state index in [1.54, 1.807) is 0 Å². The number of benzene rings is 1. The number of hydrogen-bond acceptors (Lipinski definition) is 4. The van der Waals surface area contributed by atoms with Crippen LogP contribution < -0.4 is 0 Å². The quantitative estimate of drug-likeness (QED) is 0.722. The number of nitrogens with zero attached hydrogens (tertiary/aromatic N) is 2. The predicted molar refractivity (Wildman–Crippen MR) is 103 cm³/mol. The summed E-state index contributed by atoms with van der Waals surface area (Å²) in [6.07, 6.45) is 1.12. The molecule has 26 heavy (non-hydrogen) atoms. The first-order valence-electron chi connectivity index (χ1n) is 8.68. The summed E-state index contributed by atoms with van der Waals surface area (Å²) >= 11 is 4.88. The number of hydrogen-bond donors (Lipinski definition) is 0. The Labute approximate surface area is 164 Å². The molecule has 1 aromatic carbocycles. The van der Waals surface area contributed by atoms with E-state index in [1.807, 2.05) is 51.6 Å². The summed E-state index contributed by atoms with van der Waals surface area (Å²) < 4.78 is 6.41. The molecule has 0 saturated carbocycles. The molecule has 5 nitrogen and oxygen atoms in total. The molecule has 0 spiro atoms. The van der Waals surface area contributed by atoms with Gasteiger partial charge in [0.25, 0.3) is 5.91 Å². The van der Waals surface area contributed by atoms with E-state index < -0.39 is 0 Å². The number of amides is 2. The first-order chi connectivity index (χ1) is 12.6. The maximum atomic E-state index is 12.6. The van der Waals surface area contributed by atoms with Gasteiger partial charge in [-0.1, -0.05) is 30.3 Å². The third kappa shape index (κ3) is 3.38. The standard InChI is InChI=1S/C19H19BrN2O3S/c20-15-8-11-26-17(15)18(23)21-9-6-14(7-10-21)22-12-16(25-19(22)24)13-4-2-1-3-5-13/h1-5,8,11,14,16H,6-7,9-10,12H2. The van der Waals surface area contributed by atoms with Crippen LogP contribution in [0.4, 0.5) is 4.79 Å². The lowest BCUT2D eigenvalue weighted by atomic mass is 10.0. The maximum absolute atomic E-state index is 12.6. The van der Waals surface area contributed by atoms with Gasteiger partial charge in [0.15, 0.2) is 0 Å². The van der Waals surface area contributed by atoms with E-state index in [9.17, 15) is 9.59 Å². The molecule has 2 aromatic rings. The second-order valence-corrected chi connectivity index (χ2v) is 8.33. The number of carbonyl (C=O) groups excluding carboxylic acids is 2. The van der Waals surface area contributed by atoms with Crippen LogP contribution >= 0.6 is 27.3 Å². The van der Waals surface area contributed by atoms with Gasteiger partial charge in [0, 0.05) is 23.6 Å². The van der Waals surface area contributed by atoms with Crippen LogP contribution in [0.2, 0.25) is 0 Å². The molecule has 0 N–H and O–H groups in total. The number of ether oxygens (including phenoxy) is 1. The number of likely N-dealkylation sites (tertiary alicyclic amines) is 1. The highest BCUT2D eigenvalue weighted by molar-refractivity contribution is 9.10. The van der Waals surface area contributed by atoms with Crippen molar-refractivity contribution in [3.63, 3.8) is 0 Å². The van der Waals surface area contributed by atoms with Crippen molar-refractivity contribution in [3.05, 3.63) is 56.7 Å². The summed E-state index contributed by atoms with van der Waals surface area (Å²) in [6.45, 7) is 1.90. The van der Waals surface area contributed by atoms with Gasteiger partial charge in [-0.2, -0.15) is 0 Å². The normalized spacial score (nSPS) is 21.1. The lowest BCUT2D eigenvalue weighted by Gasteiger charge is -2.35. The van der Waals surface area contributed by atoms with Gasteiger partial charge in [-0.25, -0.2) is 4.79 Å². The summed E-state index contributed by atoms with van der Waals surface area (Å²) in [5.41, 5.74) is 1.03. The molecule has 2 aliphatic rings. The van der Waals surface area contributed by atoms with E-state index >= 15 is 0 Å². The molecular weight excluding hydrogens is 416 g/mol. The van der Waals surface area contributed by atoms with E-state index in [-0.39, 0.29) is 24.1 Å². The van der Waals surface area contributed by atoms with Crippen LogP contribution in [0.25, 0.3) is 0 Å². The van der Waals surface area contributed by atoms with Gasteiger partial charge in [-0.3, -0.25) is 4.79 Å². The summed E-state index contributed by atoms with van der Waals surface area (Å²) in [5.74, 6) is 0.0662. The van der Waals surface area contributed by atoms with E-state index in [0.29, 0.717) is 19.6 Å². The zero-order chi connectivity index (χ0) is 18.1. The van der Waals surface area contributed by atoms with Crippen molar-refractivity contribution < 1.29 is 14.3 Å². The highest BCUT2D eigenvalue weighted by Crippen LogP contribution is 2.31. The first kappa shape index (κ1) is 17.5. The zero-order valence-corrected chi connectivity index (χ0v) is 16.5. The summed E-state index contributed by atoms with van der Waals surface area (Å²) in [5, 5.41) is 1.91. The van der Waals surface area contributed by atoms with Crippen molar-refractivity contribution in [1.82, 2.24) is 9.80 Å². The Morgan fingerprint density at radius 1 is 1.15 bits per heavy atom. The largest absolute Gasteiger partial charge is 0.439 e. The van der Waals surface area contributed by atoms with E-state index in [0.717, 1.165) is 27.8 Å². The van der Waals surface area contributed by atoms with Crippen molar-refractivity contribution in [2.45, 2.75) is 25.0 Å². The van der Waals surface area contributed by atoms with Gasteiger partial charge in [0.05, 0.1) is 6.54 Å². The highest BCUT2D eigenvalue weighted by Gasteiger charge is 2.38. The fourth-order valence-electron chi connectivity index (χ4n) is 3.59. The number of rotatable bonds is 3. The third-order valence-corrected chi connectivity index (χ3v) is 6.84. The molecule has 1 atom stereocenters. The molecule has 0 bridgehead atoms. The Morgan fingerprint density at radius 3 is 2.54 bits per heavy atom. The van der Waals surface area contributed by atoms with E-state index in [2.05, 4.69) is 15.9 Å². The van der Waals surface area contributed by atoms with E-state index in [4.69, 9.17) is 4.74 Å². The number of carbonyl (C=O) groups is 2. The second kappa shape index (κ2) is 7.40. The Bertz CT molecular complexity index is 802. The molecule has 136 valence electrons. The fraction of sp³-hybridized carbons (Fsp3) is 0.368. The number of piperidine rings is 1. The molecule has 2 amide bonds. The summed E-state index contributed by atoms with van der Waals surface area (Å²) in [7, 11) is 0. The van der Waals surface area contributed by atoms with Crippen molar-refractivity contribution in [2.24, 2.45) is 0 Å². The molecule has 1 unspecified atom stereocenters. The fourth-order valence-corrected chi connectivity index (χ4v) is 5.10. The number of thiophene rings is 1. The topological polar surface area (TPSA) is 49.9 Å². The third-order valence-electron chi connectivity index (χ3n) is 5.02. The van der Waals surface area contributed by atoms with Gasteiger partial charge >= 0.3 is 6.09 Å². The monoisotopic (exact) mass is 434 g/mol. The Kier molecular flexibility index (Phi) is 5.00. The molecule has 7 heteroatoms. The highest BCUT2D eigenvalue weighted by atomic mass is 79.9. The van der Waals surface area contributed by atoms with Crippen LogP contribution in [0.1, 0.15) is 34.2 Å². The Morgan fingerprint density at radius 2 is 1.88 bits per heavy atom. The van der Waals surface area contributed by atoms with E-state index in [1.165, 1.54) is 11.3 Å². The summed E-state index contributed by atoms with van der Waals surface area (Å²) in [4.78, 5) is 29.4. The number of cyclic esters (lactones) is 1. The van der Waals surface area contributed by atoms with Gasteiger partial charge in [-0.15, -0.1) is 11.3 Å². The Balaban J connectivity index is 1.37. The molecule has 1 aromatic heterocycles. The minimum absolute atomic E-state index is 0.0662. The van der Waals surface area contributed by atoms with Crippen molar-refractivity contribution in [1.29, 1.82) is 0 Å². The molecular formula is C19H19BrN2O3S. The molecule has 0 radical (unpaired) electrons. The number of halogens is 1. The van der Waals surface area contributed by atoms with Crippen LogP contribution in [-0.4, -0.2) is 47.5 Å². The SMILES string of the molecule is O=C(c1sccc1Br)N1CCC(N2CC(c3ccccc3)OC2=O)CC1. The molecule has 2 aliphatic heterocycles. The lowest BCUT2D eigenvalue weighted by molar-refractivity contribution is 0.0662. The smallest absolute Gasteiger partial charge is 0.410 e.